The van der Waals surface area contributed by atoms with Gasteiger partial charge >= 0.3 is 65.1 Å². The van der Waals surface area contributed by atoms with Crippen LogP contribution in [-0.2, 0) is 4.79 Å². The summed E-state index contributed by atoms with van der Waals surface area (Å²) in [6, 6.07) is 0. The topological polar surface area (TPSA) is 37.3 Å². The maximum Gasteiger partial charge on any atom is 1.00 e. The second-order valence-corrected chi connectivity index (χ2v) is 9.92. The van der Waals surface area contributed by atoms with Gasteiger partial charge in [0.1, 0.15) is 0 Å². The average molecular weight is 503 g/mol. The van der Waals surface area contributed by atoms with Crippen molar-refractivity contribution in [2.24, 2.45) is 0 Å². The van der Waals surface area contributed by atoms with Crippen LogP contribution in [0, 0.1) is 0 Å². The van der Waals surface area contributed by atoms with Crippen LogP contribution in [0.1, 0.15) is 191 Å². The molecule has 0 aliphatic carbocycles. The molecule has 0 rings (SSSR count). The summed E-state index contributed by atoms with van der Waals surface area (Å²) in [5.74, 6) is -0.653. The number of hydrogen-bond donors (Lipinski definition) is 1. The molecule has 4 heteroatoms. The Bertz CT molecular complexity index is 339. The molecular weight excluding hydrogens is 438 g/mol. The van der Waals surface area contributed by atoms with Gasteiger partial charge in [-0.1, -0.05) is 175 Å². The molecule has 0 aliphatic heterocycles. The molecule has 2 nitrogen and oxygen atoms in total. The molecule has 0 spiro atoms. The molecule has 0 unspecified atom stereocenters. The van der Waals surface area contributed by atoms with Crippen molar-refractivity contribution in [3.05, 3.63) is 0 Å². The molecule has 0 atom stereocenters. The van der Waals surface area contributed by atoms with Crippen LogP contribution in [-0.4, -0.2) is 11.1 Å². The molecule has 0 amide bonds. The van der Waals surface area contributed by atoms with Crippen LogP contribution in [0.2, 0.25) is 0 Å². The number of unbranched alkanes of at least 4 members (excludes halogenated alkanes) is 23. The Labute approximate surface area is 263 Å². The number of rotatable bonds is 25. The summed E-state index contributed by atoms with van der Waals surface area (Å²) in [7, 11) is 0. The first-order chi connectivity index (χ1) is 15.7. The van der Waals surface area contributed by atoms with Gasteiger partial charge in [0.25, 0.3) is 0 Å². The Hall–Kier alpha value is 1.47. The molecule has 0 aromatic heterocycles. The van der Waals surface area contributed by atoms with Gasteiger partial charge in [-0.05, 0) is 6.42 Å². The van der Waals surface area contributed by atoms with Crippen molar-refractivity contribution >= 4 is 5.97 Å². The van der Waals surface area contributed by atoms with E-state index in [2.05, 4.69) is 20.8 Å². The summed E-state index contributed by atoms with van der Waals surface area (Å²) < 4.78 is 0. The first kappa shape index (κ1) is 42.6. The van der Waals surface area contributed by atoms with E-state index in [-0.39, 0.29) is 62.0 Å². The monoisotopic (exact) mass is 502 g/mol. The van der Waals surface area contributed by atoms with E-state index in [1.54, 1.807) is 0 Å². The molecule has 0 aromatic carbocycles. The van der Waals surface area contributed by atoms with Crippen LogP contribution in [0.4, 0.5) is 0 Å². The van der Waals surface area contributed by atoms with Crippen LogP contribution in [0.25, 0.3) is 0 Å². The predicted molar refractivity (Wildman–Crippen MR) is 147 cm³/mol. The van der Waals surface area contributed by atoms with Gasteiger partial charge in [-0.25, -0.2) is 0 Å². The minimum absolute atomic E-state index is 0. The van der Waals surface area contributed by atoms with Gasteiger partial charge in [-0.15, -0.1) is 0 Å². The molecule has 0 heterocycles. The van der Waals surface area contributed by atoms with Gasteiger partial charge in [0, 0.05) is 6.42 Å². The fourth-order valence-corrected chi connectivity index (χ4v) is 4.21. The van der Waals surface area contributed by atoms with Crippen molar-refractivity contribution in [2.45, 2.75) is 188 Å². The summed E-state index contributed by atoms with van der Waals surface area (Å²) >= 11 is 0. The van der Waals surface area contributed by atoms with E-state index in [0.717, 1.165) is 12.8 Å². The van der Waals surface area contributed by atoms with Gasteiger partial charge in [0.15, 0.2) is 0 Å². The summed E-state index contributed by atoms with van der Waals surface area (Å²) in [5, 5.41) is 8.52. The van der Waals surface area contributed by atoms with E-state index in [1.807, 2.05) is 0 Å². The van der Waals surface area contributed by atoms with Gasteiger partial charge < -0.3 is 7.96 Å². The zero-order chi connectivity index (χ0) is 24.0. The summed E-state index contributed by atoms with van der Waals surface area (Å²) in [6.07, 6.45) is 34.6. The van der Waals surface area contributed by atoms with Gasteiger partial charge in [-0.3, -0.25) is 4.79 Å². The van der Waals surface area contributed by atoms with E-state index in [4.69, 9.17) is 5.11 Å². The summed E-state index contributed by atoms with van der Waals surface area (Å²) in [5.41, 5.74) is 0. The zero-order valence-corrected chi connectivity index (χ0v) is 28.7. The number of hydrogen-bond acceptors (Lipinski definition) is 1. The van der Waals surface area contributed by atoms with Crippen molar-refractivity contribution in [1.29, 1.82) is 0 Å². The Morgan fingerprint density at radius 1 is 0.412 bits per heavy atom. The average Bonchev–Trinajstić information content (AvgIpc) is 2.78. The Morgan fingerprint density at radius 3 is 0.765 bits per heavy atom. The summed E-state index contributed by atoms with van der Waals surface area (Å²) in [6.45, 7) is 6.83. The number of carboxylic acid groups (broad SMARTS) is 1. The number of carboxylic acids is 1. The molecule has 0 aliphatic rings. The quantitative estimate of drug-likeness (QED) is 0.132. The molecule has 198 valence electrons. The maximum atomic E-state index is 10.3. The molecular formula is C30H64Na2O2. The number of aliphatic carboxylic acids is 1. The maximum absolute atomic E-state index is 10.3. The van der Waals surface area contributed by atoms with Crippen molar-refractivity contribution in [3.8, 4) is 0 Å². The zero-order valence-electron chi connectivity index (χ0n) is 26.7. The molecule has 0 aromatic rings. The van der Waals surface area contributed by atoms with E-state index in [1.165, 1.54) is 148 Å². The van der Waals surface area contributed by atoms with Crippen molar-refractivity contribution < 1.29 is 71.9 Å². The third-order valence-electron chi connectivity index (χ3n) is 6.45. The summed E-state index contributed by atoms with van der Waals surface area (Å²) in [4.78, 5) is 10.3. The SMILES string of the molecule is CCCCCCCCCCCC.CCCCCCCCCCCCCCCCCC(=O)O.[H-].[H-].[Na+].[Na+]. The molecule has 34 heavy (non-hydrogen) atoms. The Kier molecular flexibility index (Phi) is 52.1. The van der Waals surface area contributed by atoms with Crippen LogP contribution >= 0.6 is 0 Å². The van der Waals surface area contributed by atoms with Gasteiger partial charge in [-0.2, -0.15) is 0 Å². The second-order valence-electron chi connectivity index (χ2n) is 9.92. The number of carbonyl (C=O) groups is 1. The third-order valence-corrected chi connectivity index (χ3v) is 6.45. The van der Waals surface area contributed by atoms with E-state index in [9.17, 15) is 4.79 Å². The Morgan fingerprint density at radius 2 is 0.588 bits per heavy atom. The van der Waals surface area contributed by atoms with E-state index < -0.39 is 5.97 Å². The molecule has 0 bridgehead atoms. The molecule has 0 saturated carbocycles. The van der Waals surface area contributed by atoms with Crippen LogP contribution in [0.15, 0.2) is 0 Å². The van der Waals surface area contributed by atoms with Crippen molar-refractivity contribution in [2.75, 3.05) is 0 Å². The predicted octanol–water partition coefficient (Wildman–Crippen LogP) is 5.49. The smallest absolute Gasteiger partial charge is 1.00 e. The third kappa shape index (κ3) is 46.8. The fraction of sp³-hybridized carbons (Fsp3) is 0.967. The van der Waals surface area contributed by atoms with Gasteiger partial charge in [0.05, 0.1) is 0 Å². The van der Waals surface area contributed by atoms with Crippen LogP contribution in [0.3, 0.4) is 0 Å². The van der Waals surface area contributed by atoms with Crippen LogP contribution in [0.5, 0.6) is 0 Å². The largest absolute Gasteiger partial charge is 1.00 e. The first-order valence-electron chi connectivity index (χ1n) is 14.9. The van der Waals surface area contributed by atoms with Crippen LogP contribution < -0.4 is 59.1 Å². The molecule has 0 fully saturated rings. The Balaban J connectivity index is -0.000000123. The fourth-order valence-electron chi connectivity index (χ4n) is 4.21. The van der Waals surface area contributed by atoms with Crippen molar-refractivity contribution in [3.63, 3.8) is 0 Å². The molecule has 0 radical (unpaired) electrons. The normalized spacial score (nSPS) is 10.1. The van der Waals surface area contributed by atoms with E-state index >= 15 is 0 Å². The van der Waals surface area contributed by atoms with E-state index in [0.29, 0.717) is 6.42 Å². The standard InChI is InChI=1S/C18H36O2.C12H26.2Na.2H/c1-2-3-4-5-6-7-8-9-10-11-12-13-14-15-16-17-18(19)20;1-3-5-7-9-11-12-10-8-6-4-2;;;;/h2-17H2,1H3,(H,19,20);3-12H2,1-2H3;;;;/q;;2*+1;2*-1. The minimum atomic E-state index is -0.653. The first-order valence-corrected chi connectivity index (χ1v) is 14.9. The minimum Gasteiger partial charge on any atom is -1.00 e. The second kappa shape index (κ2) is 41.6. The van der Waals surface area contributed by atoms with Crippen molar-refractivity contribution in [1.82, 2.24) is 0 Å². The molecule has 1 N–H and O–H groups in total. The molecule has 0 saturated heterocycles. The van der Waals surface area contributed by atoms with Gasteiger partial charge in [0.2, 0.25) is 0 Å².